The standard InChI is InChI=1S/C17H21N5O2/c1-11(23)21-16-7-3-12(10-20-16)2-4-13-5-6-14(17(24)22-19)8-15(13)9-18/h3,5-8,10H,2,4,9,18-19H2,1H3,(H,22,24)(H,20,21,23). The number of aromatic nitrogens is 1. The Morgan fingerprint density at radius 1 is 1.12 bits per heavy atom. The van der Waals surface area contributed by atoms with Crippen LogP contribution in [0.5, 0.6) is 0 Å². The van der Waals surface area contributed by atoms with Crippen LogP contribution in [0.15, 0.2) is 36.5 Å². The molecule has 0 spiro atoms. The maximum atomic E-state index is 11.6. The SMILES string of the molecule is CC(=O)Nc1ccc(CCc2ccc(C(=O)NN)cc2CN)cn1. The molecule has 2 rings (SSSR count). The molecule has 0 aliphatic rings. The van der Waals surface area contributed by atoms with E-state index in [1.54, 1.807) is 24.4 Å². The summed E-state index contributed by atoms with van der Waals surface area (Å²) in [6, 6.07) is 9.09. The Morgan fingerprint density at radius 3 is 2.50 bits per heavy atom. The second-order valence-electron chi connectivity index (χ2n) is 5.39. The lowest BCUT2D eigenvalue weighted by atomic mass is 9.98. The summed E-state index contributed by atoms with van der Waals surface area (Å²) in [5.41, 5.74) is 11.4. The minimum atomic E-state index is -0.339. The van der Waals surface area contributed by atoms with Gasteiger partial charge in [-0.15, -0.1) is 0 Å². The molecule has 24 heavy (non-hydrogen) atoms. The highest BCUT2D eigenvalue weighted by Gasteiger charge is 2.08. The minimum absolute atomic E-state index is 0.149. The van der Waals surface area contributed by atoms with Gasteiger partial charge < -0.3 is 11.1 Å². The van der Waals surface area contributed by atoms with Gasteiger partial charge in [-0.1, -0.05) is 12.1 Å². The Balaban J connectivity index is 2.05. The third kappa shape index (κ3) is 4.61. The van der Waals surface area contributed by atoms with Crippen LogP contribution in [0.4, 0.5) is 5.82 Å². The summed E-state index contributed by atoms with van der Waals surface area (Å²) in [7, 11) is 0. The highest BCUT2D eigenvalue weighted by atomic mass is 16.2. The Kier molecular flexibility index (Phi) is 6.00. The number of hydrogen-bond donors (Lipinski definition) is 4. The molecule has 7 nitrogen and oxygen atoms in total. The average Bonchev–Trinajstić information content (AvgIpc) is 2.59. The number of nitrogen functional groups attached to an aromatic ring is 1. The van der Waals surface area contributed by atoms with Crippen LogP contribution in [0.2, 0.25) is 0 Å². The molecule has 0 aliphatic carbocycles. The molecule has 2 aromatic rings. The molecular weight excluding hydrogens is 306 g/mol. The predicted molar refractivity (Wildman–Crippen MR) is 91.9 cm³/mol. The summed E-state index contributed by atoms with van der Waals surface area (Å²) in [5, 5.41) is 2.63. The first-order valence-corrected chi connectivity index (χ1v) is 7.59. The van der Waals surface area contributed by atoms with Crippen LogP contribution in [-0.4, -0.2) is 16.8 Å². The molecule has 0 atom stereocenters. The molecule has 7 heteroatoms. The molecule has 126 valence electrons. The maximum absolute atomic E-state index is 11.6. The second-order valence-corrected chi connectivity index (χ2v) is 5.39. The molecule has 6 N–H and O–H groups in total. The van der Waals surface area contributed by atoms with Gasteiger partial charge in [0.15, 0.2) is 0 Å². The third-order valence-electron chi connectivity index (χ3n) is 3.63. The number of nitrogens with two attached hydrogens (primary N) is 2. The quantitative estimate of drug-likeness (QED) is 0.356. The Bertz CT molecular complexity index is 728. The van der Waals surface area contributed by atoms with E-state index in [9.17, 15) is 9.59 Å². The lowest BCUT2D eigenvalue weighted by Crippen LogP contribution is -2.30. The van der Waals surface area contributed by atoms with Crippen LogP contribution in [0.3, 0.4) is 0 Å². The van der Waals surface area contributed by atoms with E-state index < -0.39 is 0 Å². The summed E-state index contributed by atoms with van der Waals surface area (Å²) in [6.07, 6.45) is 3.30. The molecule has 1 aromatic heterocycles. The van der Waals surface area contributed by atoms with E-state index in [4.69, 9.17) is 11.6 Å². The van der Waals surface area contributed by atoms with E-state index in [1.165, 1.54) is 6.92 Å². The first kappa shape index (κ1) is 17.6. The highest BCUT2D eigenvalue weighted by molar-refractivity contribution is 5.94. The highest BCUT2D eigenvalue weighted by Crippen LogP contribution is 2.15. The zero-order valence-corrected chi connectivity index (χ0v) is 13.5. The molecule has 2 amide bonds. The van der Waals surface area contributed by atoms with E-state index in [2.05, 4.69) is 15.7 Å². The molecule has 0 fully saturated rings. The number of hydrogen-bond acceptors (Lipinski definition) is 5. The summed E-state index contributed by atoms with van der Waals surface area (Å²) >= 11 is 0. The third-order valence-corrected chi connectivity index (χ3v) is 3.63. The van der Waals surface area contributed by atoms with Gasteiger partial charge >= 0.3 is 0 Å². The molecule has 1 heterocycles. The van der Waals surface area contributed by atoms with Crippen molar-refractivity contribution in [2.75, 3.05) is 5.32 Å². The van der Waals surface area contributed by atoms with Crippen molar-refractivity contribution in [3.63, 3.8) is 0 Å². The number of hydrazine groups is 1. The molecule has 0 saturated carbocycles. The molecule has 0 aliphatic heterocycles. The van der Waals surface area contributed by atoms with Gasteiger partial charge in [-0.05, 0) is 47.7 Å². The van der Waals surface area contributed by atoms with Crippen molar-refractivity contribution in [3.8, 4) is 0 Å². The van der Waals surface area contributed by atoms with Gasteiger partial charge in [-0.2, -0.15) is 0 Å². The zero-order valence-electron chi connectivity index (χ0n) is 13.5. The number of rotatable bonds is 6. The van der Waals surface area contributed by atoms with Crippen molar-refractivity contribution in [1.82, 2.24) is 10.4 Å². The van der Waals surface area contributed by atoms with E-state index in [1.807, 2.05) is 12.1 Å². The molecular formula is C17H21N5O2. The van der Waals surface area contributed by atoms with Gasteiger partial charge in [0.25, 0.3) is 5.91 Å². The van der Waals surface area contributed by atoms with Crippen LogP contribution in [-0.2, 0) is 24.2 Å². The van der Waals surface area contributed by atoms with Gasteiger partial charge in [0.05, 0.1) is 0 Å². The van der Waals surface area contributed by atoms with Crippen molar-refractivity contribution < 1.29 is 9.59 Å². The fourth-order valence-corrected chi connectivity index (χ4v) is 2.39. The molecule has 1 aromatic carbocycles. The molecule has 0 bridgehead atoms. The largest absolute Gasteiger partial charge is 0.326 e. The average molecular weight is 327 g/mol. The first-order valence-electron chi connectivity index (χ1n) is 7.59. The fraction of sp³-hybridized carbons (Fsp3) is 0.235. The summed E-state index contributed by atoms with van der Waals surface area (Å²) < 4.78 is 0. The maximum Gasteiger partial charge on any atom is 0.265 e. The Morgan fingerprint density at radius 2 is 1.92 bits per heavy atom. The number of nitrogens with zero attached hydrogens (tertiary/aromatic N) is 1. The number of amides is 2. The second kappa shape index (κ2) is 8.19. The summed E-state index contributed by atoms with van der Waals surface area (Å²) in [6.45, 7) is 1.79. The Labute approximate surface area is 140 Å². The predicted octanol–water partition coefficient (Wildman–Crippen LogP) is 0.887. The van der Waals surface area contributed by atoms with Crippen LogP contribution in [0.25, 0.3) is 0 Å². The lowest BCUT2D eigenvalue weighted by Gasteiger charge is -2.10. The monoisotopic (exact) mass is 327 g/mol. The normalized spacial score (nSPS) is 10.3. The molecule has 0 saturated heterocycles. The first-order chi connectivity index (χ1) is 11.5. The number of carbonyl (C=O) groups excluding carboxylic acids is 2. The van der Waals surface area contributed by atoms with Crippen molar-refractivity contribution in [2.24, 2.45) is 11.6 Å². The Hall–Kier alpha value is -2.77. The smallest absolute Gasteiger partial charge is 0.265 e. The van der Waals surface area contributed by atoms with Gasteiger partial charge in [0.1, 0.15) is 5.82 Å². The van der Waals surface area contributed by atoms with Gasteiger partial charge in [-0.3, -0.25) is 15.0 Å². The number of aryl methyl sites for hydroxylation is 2. The van der Waals surface area contributed by atoms with Crippen LogP contribution < -0.4 is 22.3 Å². The van der Waals surface area contributed by atoms with Gasteiger partial charge in [0.2, 0.25) is 5.91 Å². The van der Waals surface area contributed by atoms with E-state index in [-0.39, 0.29) is 11.8 Å². The number of nitrogens with one attached hydrogen (secondary N) is 2. The zero-order chi connectivity index (χ0) is 17.5. The van der Waals surface area contributed by atoms with Gasteiger partial charge in [-0.25, -0.2) is 10.8 Å². The summed E-state index contributed by atoms with van der Waals surface area (Å²) in [4.78, 5) is 26.7. The molecule has 0 radical (unpaired) electrons. The van der Waals surface area contributed by atoms with Gasteiger partial charge in [0, 0.05) is 25.2 Å². The molecule has 0 unspecified atom stereocenters. The van der Waals surface area contributed by atoms with E-state index in [0.717, 1.165) is 29.5 Å². The minimum Gasteiger partial charge on any atom is -0.326 e. The van der Waals surface area contributed by atoms with Crippen molar-refractivity contribution in [2.45, 2.75) is 26.3 Å². The van der Waals surface area contributed by atoms with Crippen LogP contribution in [0, 0.1) is 0 Å². The van der Waals surface area contributed by atoms with Crippen molar-refractivity contribution in [3.05, 3.63) is 58.8 Å². The number of carbonyl (C=O) groups is 2. The van der Waals surface area contributed by atoms with Crippen molar-refractivity contribution >= 4 is 17.6 Å². The van der Waals surface area contributed by atoms with E-state index in [0.29, 0.717) is 17.9 Å². The summed E-state index contributed by atoms with van der Waals surface area (Å²) in [5.74, 6) is 5.19. The topological polar surface area (TPSA) is 123 Å². The fourth-order valence-electron chi connectivity index (χ4n) is 2.39. The van der Waals surface area contributed by atoms with Crippen molar-refractivity contribution in [1.29, 1.82) is 0 Å². The number of anilines is 1. The van der Waals surface area contributed by atoms with Crippen LogP contribution >= 0.6 is 0 Å². The number of pyridine rings is 1. The van der Waals surface area contributed by atoms with Crippen LogP contribution in [0.1, 0.15) is 34.0 Å². The van der Waals surface area contributed by atoms with E-state index >= 15 is 0 Å². The number of benzene rings is 1. The lowest BCUT2D eigenvalue weighted by molar-refractivity contribution is -0.114.